The third-order valence-electron chi connectivity index (χ3n) is 4.97. The van der Waals surface area contributed by atoms with Crippen molar-refractivity contribution in [2.45, 2.75) is 52.9 Å². The molecule has 0 spiro atoms. The maximum absolute atomic E-state index is 12.5. The van der Waals surface area contributed by atoms with Crippen LogP contribution < -0.4 is 5.32 Å². The van der Waals surface area contributed by atoms with Crippen LogP contribution in [0.4, 0.5) is 4.79 Å². The van der Waals surface area contributed by atoms with E-state index in [0.29, 0.717) is 24.8 Å². The Labute approximate surface area is 187 Å². The first kappa shape index (κ1) is 24.9. The molecule has 0 unspecified atom stereocenters. The van der Waals surface area contributed by atoms with Gasteiger partial charge in [0, 0.05) is 19.6 Å². The highest BCUT2D eigenvalue weighted by molar-refractivity contribution is 5.67. The molecular formula is C26H38N2O3. The lowest BCUT2D eigenvalue weighted by molar-refractivity contribution is 0.0632. The largest absolute Gasteiger partial charge is 0.445 e. The minimum atomic E-state index is -0.706. The minimum absolute atomic E-state index is 0.202. The Kier molecular flexibility index (Phi) is 10.5. The number of alkyl carbamates (subject to hydrolysis) is 1. The number of nitrogens with zero attached hydrogens (tertiary/aromatic N) is 1. The number of aliphatic hydroxyl groups excluding tert-OH is 1. The smallest absolute Gasteiger partial charge is 0.407 e. The topological polar surface area (TPSA) is 61.8 Å². The van der Waals surface area contributed by atoms with Gasteiger partial charge in [-0.3, -0.25) is 0 Å². The Bertz CT molecular complexity index is 740. The van der Waals surface area contributed by atoms with E-state index in [2.05, 4.69) is 37.9 Å². The van der Waals surface area contributed by atoms with E-state index < -0.39 is 18.2 Å². The number of hydrogen-bond acceptors (Lipinski definition) is 4. The molecule has 2 atom stereocenters. The summed E-state index contributed by atoms with van der Waals surface area (Å²) < 4.78 is 5.41. The van der Waals surface area contributed by atoms with Crippen LogP contribution in [0.5, 0.6) is 0 Å². The van der Waals surface area contributed by atoms with Crippen molar-refractivity contribution < 1.29 is 14.6 Å². The van der Waals surface area contributed by atoms with Crippen LogP contribution in [0, 0.1) is 11.8 Å². The van der Waals surface area contributed by atoms with Crippen molar-refractivity contribution in [1.82, 2.24) is 10.2 Å². The quantitative estimate of drug-likeness (QED) is 0.525. The number of nitrogens with one attached hydrogen (secondary N) is 1. The molecule has 0 aliphatic carbocycles. The first-order chi connectivity index (χ1) is 14.8. The van der Waals surface area contributed by atoms with Crippen LogP contribution in [0.2, 0.25) is 0 Å². The van der Waals surface area contributed by atoms with Gasteiger partial charge in [-0.2, -0.15) is 0 Å². The van der Waals surface area contributed by atoms with Gasteiger partial charge in [-0.15, -0.1) is 0 Å². The van der Waals surface area contributed by atoms with Crippen LogP contribution in [-0.4, -0.2) is 47.9 Å². The molecule has 0 aliphatic heterocycles. The lowest BCUT2D eigenvalue weighted by Crippen LogP contribution is -2.50. The molecule has 0 radical (unpaired) electrons. The van der Waals surface area contributed by atoms with E-state index in [1.807, 2.05) is 60.7 Å². The molecule has 5 heteroatoms. The van der Waals surface area contributed by atoms with Crippen LogP contribution in [0.1, 0.15) is 38.8 Å². The summed E-state index contributed by atoms with van der Waals surface area (Å²) in [6.07, 6.45) is -0.676. The predicted octanol–water partition coefficient (Wildman–Crippen LogP) is 4.50. The number of amides is 1. The van der Waals surface area contributed by atoms with Crippen molar-refractivity contribution in [3.63, 3.8) is 0 Å². The highest BCUT2D eigenvalue weighted by Gasteiger charge is 2.25. The van der Waals surface area contributed by atoms with Gasteiger partial charge < -0.3 is 20.1 Å². The number of hydrogen-bond donors (Lipinski definition) is 2. The van der Waals surface area contributed by atoms with Crippen molar-refractivity contribution in [1.29, 1.82) is 0 Å². The van der Waals surface area contributed by atoms with E-state index in [1.54, 1.807) is 0 Å². The molecule has 5 nitrogen and oxygen atoms in total. The van der Waals surface area contributed by atoms with Gasteiger partial charge in [0.2, 0.25) is 0 Å². The van der Waals surface area contributed by atoms with Crippen LogP contribution in [0.25, 0.3) is 0 Å². The molecule has 0 saturated heterocycles. The first-order valence-corrected chi connectivity index (χ1v) is 11.2. The van der Waals surface area contributed by atoms with E-state index in [4.69, 9.17) is 4.74 Å². The van der Waals surface area contributed by atoms with Crippen LogP contribution >= 0.6 is 0 Å². The van der Waals surface area contributed by atoms with Crippen molar-refractivity contribution in [2.24, 2.45) is 11.8 Å². The first-order valence-electron chi connectivity index (χ1n) is 11.2. The SMILES string of the molecule is CC(C)CN(CC(C)C)C[C@@H](O)[C@H](Cc1ccccc1)NC(=O)OCc1ccccc1. The summed E-state index contributed by atoms with van der Waals surface area (Å²) in [6.45, 7) is 11.2. The van der Waals surface area contributed by atoms with Crippen LogP contribution in [-0.2, 0) is 17.8 Å². The molecule has 2 aromatic rings. The molecular weight excluding hydrogens is 388 g/mol. The lowest BCUT2D eigenvalue weighted by Gasteiger charge is -2.32. The monoisotopic (exact) mass is 426 g/mol. The molecule has 0 aromatic heterocycles. The molecule has 2 rings (SSSR count). The zero-order valence-electron chi connectivity index (χ0n) is 19.3. The third-order valence-corrected chi connectivity index (χ3v) is 4.97. The number of carbonyl (C=O) groups excluding carboxylic acids is 1. The van der Waals surface area contributed by atoms with E-state index >= 15 is 0 Å². The molecule has 0 heterocycles. The Morgan fingerprint density at radius 3 is 1.90 bits per heavy atom. The van der Waals surface area contributed by atoms with Gasteiger partial charge in [-0.1, -0.05) is 88.4 Å². The highest BCUT2D eigenvalue weighted by Crippen LogP contribution is 2.11. The summed E-state index contributed by atoms with van der Waals surface area (Å²) in [5.41, 5.74) is 1.99. The molecule has 31 heavy (non-hydrogen) atoms. The standard InChI is InChI=1S/C26H38N2O3/c1-20(2)16-28(17-21(3)4)18-25(29)24(15-22-11-7-5-8-12-22)27-26(30)31-19-23-13-9-6-10-14-23/h5-14,20-21,24-25,29H,15-19H2,1-4H3,(H,27,30)/t24-,25+/m0/s1. The van der Waals surface area contributed by atoms with Gasteiger partial charge in [-0.05, 0) is 29.4 Å². The normalized spacial score (nSPS) is 13.4. The molecule has 2 N–H and O–H groups in total. The van der Waals surface area contributed by atoms with Crippen molar-refractivity contribution >= 4 is 6.09 Å². The Balaban J connectivity index is 2.04. The van der Waals surface area contributed by atoms with Crippen LogP contribution in [0.3, 0.4) is 0 Å². The van der Waals surface area contributed by atoms with Crippen molar-refractivity contribution in [3.8, 4) is 0 Å². The second-order valence-electron chi connectivity index (χ2n) is 9.08. The summed E-state index contributed by atoms with van der Waals surface area (Å²) in [7, 11) is 0. The molecule has 0 fully saturated rings. The zero-order chi connectivity index (χ0) is 22.6. The van der Waals surface area contributed by atoms with E-state index in [9.17, 15) is 9.90 Å². The van der Waals surface area contributed by atoms with E-state index in [0.717, 1.165) is 24.2 Å². The molecule has 0 aliphatic rings. The summed E-state index contributed by atoms with van der Waals surface area (Å²) in [5.74, 6) is 1.00. The Hall–Kier alpha value is -2.37. The average Bonchev–Trinajstić information content (AvgIpc) is 2.72. The molecule has 0 bridgehead atoms. The van der Waals surface area contributed by atoms with E-state index in [-0.39, 0.29) is 6.61 Å². The van der Waals surface area contributed by atoms with Gasteiger partial charge in [0.05, 0.1) is 12.1 Å². The number of benzene rings is 2. The second kappa shape index (κ2) is 13.1. The molecule has 1 amide bonds. The Morgan fingerprint density at radius 1 is 0.871 bits per heavy atom. The summed E-state index contributed by atoms with van der Waals surface area (Å²) >= 11 is 0. The van der Waals surface area contributed by atoms with Crippen molar-refractivity contribution in [2.75, 3.05) is 19.6 Å². The van der Waals surface area contributed by atoms with Gasteiger partial charge in [0.1, 0.15) is 6.61 Å². The number of carbonyl (C=O) groups is 1. The fraction of sp³-hybridized carbons (Fsp3) is 0.500. The zero-order valence-corrected chi connectivity index (χ0v) is 19.3. The average molecular weight is 427 g/mol. The van der Waals surface area contributed by atoms with Gasteiger partial charge in [0.25, 0.3) is 0 Å². The van der Waals surface area contributed by atoms with Gasteiger partial charge in [-0.25, -0.2) is 4.79 Å². The molecule has 170 valence electrons. The molecule has 2 aromatic carbocycles. The van der Waals surface area contributed by atoms with Crippen molar-refractivity contribution in [3.05, 3.63) is 71.8 Å². The lowest BCUT2D eigenvalue weighted by atomic mass is 10.00. The van der Waals surface area contributed by atoms with E-state index in [1.165, 1.54) is 0 Å². The summed E-state index contributed by atoms with van der Waals surface area (Å²) in [5, 5.41) is 14.0. The number of rotatable bonds is 12. The second-order valence-corrected chi connectivity index (χ2v) is 9.08. The third kappa shape index (κ3) is 9.99. The van der Waals surface area contributed by atoms with Gasteiger partial charge in [0.15, 0.2) is 0 Å². The Morgan fingerprint density at radius 2 is 1.39 bits per heavy atom. The highest BCUT2D eigenvalue weighted by atomic mass is 16.5. The summed E-state index contributed by atoms with van der Waals surface area (Å²) in [6, 6.07) is 19.1. The summed E-state index contributed by atoms with van der Waals surface area (Å²) in [4.78, 5) is 14.8. The predicted molar refractivity (Wildman–Crippen MR) is 126 cm³/mol. The van der Waals surface area contributed by atoms with Crippen LogP contribution in [0.15, 0.2) is 60.7 Å². The molecule has 0 saturated carbocycles. The fourth-order valence-electron chi connectivity index (χ4n) is 3.72. The number of aliphatic hydroxyl groups is 1. The fourth-order valence-corrected chi connectivity index (χ4v) is 3.72. The van der Waals surface area contributed by atoms with Gasteiger partial charge >= 0.3 is 6.09 Å². The maximum Gasteiger partial charge on any atom is 0.407 e. The minimum Gasteiger partial charge on any atom is -0.445 e. The maximum atomic E-state index is 12.5. The number of ether oxygens (including phenoxy) is 1.